The third kappa shape index (κ3) is 6.26. The highest BCUT2D eigenvalue weighted by molar-refractivity contribution is 5.80. The smallest absolute Gasteiger partial charge is 0.350 e. The molecule has 0 aliphatic carbocycles. The lowest BCUT2D eigenvalue weighted by Crippen LogP contribution is -2.45. The minimum absolute atomic E-state index is 0.116. The van der Waals surface area contributed by atoms with Crippen LogP contribution in [0.3, 0.4) is 0 Å². The molecule has 35 heavy (non-hydrogen) atoms. The van der Waals surface area contributed by atoms with Crippen molar-refractivity contribution in [1.82, 2.24) is 15.6 Å². The molecule has 2 heterocycles. The van der Waals surface area contributed by atoms with E-state index < -0.39 is 23.7 Å². The quantitative estimate of drug-likeness (QED) is 0.468. The molecule has 2 aromatic carbocycles. The van der Waals surface area contributed by atoms with Crippen LogP contribution >= 0.6 is 0 Å². The van der Waals surface area contributed by atoms with Crippen LogP contribution in [0.4, 0.5) is 13.2 Å². The minimum Gasteiger partial charge on any atom is -0.350 e. The van der Waals surface area contributed by atoms with Crippen molar-refractivity contribution < 1.29 is 22.8 Å². The summed E-state index contributed by atoms with van der Waals surface area (Å²) in [5.74, 6) is -0.842. The maximum absolute atomic E-state index is 13.6. The number of rotatable bonds is 8. The average molecular weight is 482 g/mol. The van der Waals surface area contributed by atoms with Crippen molar-refractivity contribution in [1.29, 1.82) is 0 Å². The lowest BCUT2D eigenvalue weighted by Gasteiger charge is -2.30. The standard InChI is InChI=1S/C27H26F3N3O2/c28-27(29,30)25(22-7-4-16-31-18-22)32-23(34)12-14-26(15-13-24(35)33-26)17-19-8-10-21(11-9-19)20-5-2-1-3-6-20/h1-11,16,18,25H,12-15,17H2,(H,32,34)(H,33,35)/t25-,26-/m1/s1. The Hall–Kier alpha value is -3.68. The van der Waals surface area contributed by atoms with Gasteiger partial charge in [-0.2, -0.15) is 13.2 Å². The molecule has 3 aromatic rings. The topological polar surface area (TPSA) is 71.1 Å². The molecule has 8 heteroatoms. The van der Waals surface area contributed by atoms with Gasteiger partial charge in [0.05, 0.1) is 0 Å². The summed E-state index contributed by atoms with van der Waals surface area (Å²) in [5, 5.41) is 5.08. The van der Waals surface area contributed by atoms with E-state index in [-0.39, 0.29) is 24.3 Å². The Kier molecular flexibility index (Phi) is 7.19. The first-order valence-corrected chi connectivity index (χ1v) is 11.5. The molecule has 0 bridgehead atoms. The van der Waals surface area contributed by atoms with Crippen molar-refractivity contribution >= 4 is 11.8 Å². The molecule has 5 nitrogen and oxygen atoms in total. The number of nitrogens with zero attached hydrogens (tertiary/aromatic N) is 1. The monoisotopic (exact) mass is 481 g/mol. The van der Waals surface area contributed by atoms with Gasteiger partial charge in [0, 0.05) is 36.3 Å². The van der Waals surface area contributed by atoms with E-state index >= 15 is 0 Å². The summed E-state index contributed by atoms with van der Waals surface area (Å²) in [6.45, 7) is 0. The first-order chi connectivity index (χ1) is 16.7. The maximum Gasteiger partial charge on any atom is 0.412 e. The fraction of sp³-hybridized carbons (Fsp3) is 0.296. The molecule has 0 spiro atoms. The fourth-order valence-electron chi connectivity index (χ4n) is 4.51. The lowest BCUT2D eigenvalue weighted by molar-refractivity contribution is -0.163. The van der Waals surface area contributed by atoms with Gasteiger partial charge in [-0.15, -0.1) is 0 Å². The van der Waals surface area contributed by atoms with Crippen LogP contribution in [0.2, 0.25) is 0 Å². The zero-order valence-electron chi connectivity index (χ0n) is 19.0. The summed E-state index contributed by atoms with van der Waals surface area (Å²) < 4.78 is 40.7. The molecule has 0 unspecified atom stereocenters. The summed E-state index contributed by atoms with van der Waals surface area (Å²) in [4.78, 5) is 28.4. The van der Waals surface area contributed by atoms with E-state index in [0.717, 1.165) is 22.9 Å². The number of hydrogen-bond donors (Lipinski definition) is 2. The number of halogens is 3. The number of benzene rings is 2. The first-order valence-electron chi connectivity index (χ1n) is 11.5. The third-order valence-electron chi connectivity index (χ3n) is 6.32. The molecule has 1 aliphatic heterocycles. The highest BCUT2D eigenvalue weighted by Gasteiger charge is 2.43. The number of carbonyl (C=O) groups excluding carboxylic acids is 2. The average Bonchev–Trinajstić information content (AvgIpc) is 3.22. The number of amides is 2. The normalized spacial score (nSPS) is 18.7. The molecule has 2 N–H and O–H groups in total. The van der Waals surface area contributed by atoms with Gasteiger partial charge < -0.3 is 10.6 Å². The SMILES string of the molecule is O=C(CC[C@]1(Cc2ccc(-c3ccccc3)cc2)CCC(=O)N1)N[C@H](c1cccnc1)C(F)(F)F. The minimum atomic E-state index is -4.65. The predicted octanol–water partition coefficient (Wildman–Crippen LogP) is 5.14. The zero-order chi connectivity index (χ0) is 24.9. The molecule has 1 fully saturated rings. The highest BCUT2D eigenvalue weighted by atomic mass is 19.4. The molecule has 1 aliphatic rings. The van der Waals surface area contributed by atoms with E-state index in [0.29, 0.717) is 19.3 Å². The summed E-state index contributed by atoms with van der Waals surface area (Å²) in [6, 6.07) is 18.4. The van der Waals surface area contributed by atoms with Crippen molar-refractivity contribution in [2.24, 2.45) is 0 Å². The first kappa shape index (κ1) is 24.4. The number of alkyl halides is 3. The van der Waals surface area contributed by atoms with Gasteiger partial charge >= 0.3 is 6.18 Å². The van der Waals surface area contributed by atoms with Gasteiger partial charge in [-0.05, 0) is 42.0 Å². The Balaban J connectivity index is 1.43. The summed E-state index contributed by atoms with van der Waals surface area (Å²) >= 11 is 0. The molecule has 4 rings (SSSR count). The second kappa shape index (κ2) is 10.3. The second-order valence-electron chi connectivity index (χ2n) is 8.90. The van der Waals surface area contributed by atoms with Gasteiger partial charge in [0.2, 0.25) is 11.8 Å². The summed E-state index contributed by atoms with van der Waals surface area (Å²) in [5.41, 5.74) is 2.33. The number of nitrogens with one attached hydrogen (secondary N) is 2. The molecule has 0 saturated carbocycles. The van der Waals surface area contributed by atoms with Crippen LogP contribution in [-0.2, 0) is 16.0 Å². The van der Waals surface area contributed by atoms with Crippen molar-refractivity contribution in [2.75, 3.05) is 0 Å². The Morgan fingerprint density at radius 1 is 1.03 bits per heavy atom. The van der Waals surface area contributed by atoms with Gasteiger partial charge in [0.1, 0.15) is 0 Å². The van der Waals surface area contributed by atoms with Crippen molar-refractivity contribution in [3.63, 3.8) is 0 Å². The van der Waals surface area contributed by atoms with E-state index in [1.165, 1.54) is 18.3 Å². The van der Waals surface area contributed by atoms with Gasteiger partial charge in [0.25, 0.3) is 0 Å². The van der Waals surface area contributed by atoms with Crippen LogP contribution in [0, 0.1) is 0 Å². The Morgan fingerprint density at radius 3 is 2.34 bits per heavy atom. The largest absolute Gasteiger partial charge is 0.412 e. The van der Waals surface area contributed by atoms with Crippen LogP contribution in [-0.4, -0.2) is 28.5 Å². The molecule has 1 aromatic heterocycles. The molecular formula is C27H26F3N3O2. The van der Waals surface area contributed by atoms with Crippen LogP contribution in [0.25, 0.3) is 11.1 Å². The van der Waals surface area contributed by atoms with Crippen molar-refractivity contribution in [3.8, 4) is 11.1 Å². The second-order valence-corrected chi connectivity index (χ2v) is 8.90. The molecule has 2 amide bonds. The van der Waals surface area contributed by atoms with Crippen LogP contribution in [0.15, 0.2) is 79.1 Å². The molecule has 2 atom stereocenters. The van der Waals surface area contributed by atoms with Crippen LogP contribution in [0.5, 0.6) is 0 Å². The lowest BCUT2D eigenvalue weighted by atomic mass is 9.84. The Morgan fingerprint density at radius 2 is 1.74 bits per heavy atom. The van der Waals surface area contributed by atoms with Gasteiger partial charge in [0.15, 0.2) is 6.04 Å². The number of aromatic nitrogens is 1. The van der Waals surface area contributed by atoms with Crippen molar-refractivity contribution in [2.45, 2.75) is 49.9 Å². The highest BCUT2D eigenvalue weighted by Crippen LogP contribution is 2.34. The van der Waals surface area contributed by atoms with E-state index in [4.69, 9.17) is 0 Å². The molecule has 182 valence electrons. The van der Waals surface area contributed by atoms with Gasteiger partial charge in [-0.25, -0.2) is 0 Å². The van der Waals surface area contributed by atoms with E-state index in [9.17, 15) is 22.8 Å². The van der Waals surface area contributed by atoms with Crippen LogP contribution < -0.4 is 10.6 Å². The van der Waals surface area contributed by atoms with Crippen molar-refractivity contribution in [3.05, 3.63) is 90.3 Å². The third-order valence-corrected chi connectivity index (χ3v) is 6.32. The fourth-order valence-corrected chi connectivity index (χ4v) is 4.51. The Bertz CT molecular complexity index is 1150. The van der Waals surface area contributed by atoms with E-state index in [1.807, 2.05) is 54.6 Å². The van der Waals surface area contributed by atoms with Gasteiger partial charge in [-0.1, -0.05) is 60.7 Å². The number of pyridine rings is 1. The Labute approximate surface area is 201 Å². The summed E-state index contributed by atoms with van der Waals surface area (Å²) in [6.07, 6.45) is -0.758. The zero-order valence-corrected chi connectivity index (χ0v) is 19.0. The number of hydrogen-bond acceptors (Lipinski definition) is 3. The molecule has 1 saturated heterocycles. The predicted molar refractivity (Wildman–Crippen MR) is 126 cm³/mol. The maximum atomic E-state index is 13.6. The number of carbonyl (C=O) groups is 2. The molecular weight excluding hydrogens is 455 g/mol. The van der Waals surface area contributed by atoms with Gasteiger partial charge in [-0.3, -0.25) is 14.6 Å². The van der Waals surface area contributed by atoms with Crippen LogP contribution in [0.1, 0.15) is 42.9 Å². The molecule has 0 radical (unpaired) electrons. The van der Waals surface area contributed by atoms with E-state index in [1.54, 1.807) is 0 Å². The summed E-state index contributed by atoms with van der Waals surface area (Å²) in [7, 11) is 0. The van der Waals surface area contributed by atoms with E-state index in [2.05, 4.69) is 15.6 Å².